The topological polar surface area (TPSA) is 87.3 Å². The van der Waals surface area contributed by atoms with E-state index < -0.39 is 6.09 Å². The Morgan fingerprint density at radius 1 is 1.00 bits per heavy atom. The van der Waals surface area contributed by atoms with Crippen molar-refractivity contribution in [1.82, 2.24) is 9.97 Å². The molecule has 2 aromatic carbocycles. The minimum absolute atomic E-state index is 0.287. The Hall–Kier alpha value is -3.41. The zero-order valence-electron chi connectivity index (χ0n) is 15.5. The van der Waals surface area contributed by atoms with Crippen LogP contribution in [0.5, 0.6) is 17.4 Å². The maximum Gasteiger partial charge on any atom is 0.410 e. The molecule has 2 N–H and O–H groups in total. The third-order valence-corrected chi connectivity index (χ3v) is 3.97. The fraction of sp³-hybridized carbons (Fsp3) is 0.190. The summed E-state index contributed by atoms with van der Waals surface area (Å²) in [6.07, 6.45) is 2.06. The lowest BCUT2D eigenvalue weighted by atomic mass is 9.84. The SMILES string of the molecule is CC(C)(C)c1ccc(-c2ccccc2)c(Oc2ccncn2)c1OC(N)=O. The number of hydrogen-bond acceptors (Lipinski definition) is 5. The average Bonchev–Trinajstić information content (AvgIpc) is 2.63. The van der Waals surface area contributed by atoms with E-state index in [1.807, 2.05) is 63.2 Å². The summed E-state index contributed by atoms with van der Waals surface area (Å²) < 4.78 is 11.5. The van der Waals surface area contributed by atoms with Gasteiger partial charge in [-0.3, -0.25) is 0 Å². The van der Waals surface area contributed by atoms with E-state index in [4.69, 9.17) is 15.2 Å². The second-order valence-electron chi connectivity index (χ2n) is 7.01. The van der Waals surface area contributed by atoms with E-state index in [2.05, 4.69) is 9.97 Å². The monoisotopic (exact) mass is 363 g/mol. The van der Waals surface area contributed by atoms with E-state index in [9.17, 15) is 4.79 Å². The molecule has 0 bridgehead atoms. The number of hydrogen-bond donors (Lipinski definition) is 1. The number of nitrogens with zero attached hydrogens (tertiary/aromatic N) is 2. The van der Waals surface area contributed by atoms with E-state index in [1.165, 1.54) is 6.33 Å². The molecule has 0 saturated carbocycles. The number of amides is 1. The van der Waals surface area contributed by atoms with E-state index in [0.29, 0.717) is 11.6 Å². The van der Waals surface area contributed by atoms with Crippen LogP contribution in [-0.2, 0) is 5.41 Å². The van der Waals surface area contributed by atoms with Crippen molar-refractivity contribution in [2.24, 2.45) is 5.73 Å². The van der Waals surface area contributed by atoms with E-state index in [1.54, 1.807) is 12.3 Å². The second kappa shape index (κ2) is 7.45. The summed E-state index contributed by atoms with van der Waals surface area (Å²) in [5.74, 6) is 1.00. The van der Waals surface area contributed by atoms with Crippen LogP contribution >= 0.6 is 0 Å². The molecule has 27 heavy (non-hydrogen) atoms. The van der Waals surface area contributed by atoms with Crippen molar-refractivity contribution in [2.75, 3.05) is 0 Å². The lowest BCUT2D eigenvalue weighted by molar-refractivity contribution is 0.208. The van der Waals surface area contributed by atoms with Gasteiger partial charge in [0.25, 0.3) is 0 Å². The van der Waals surface area contributed by atoms with Crippen LogP contribution in [0.25, 0.3) is 11.1 Å². The highest BCUT2D eigenvalue weighted by atomic mass is 16.6. The normalized spacial score (nSPS) is 11.1. The number of benzene rings is 2. The summed E-state index contributed by atoms with van der Waals surface area (Å²) in [5, 5.41) is 0. The van der Waals surface area contributed by atoms with Crippen molar-refractivity contribution in [3.63, 3.8) is 0 Å². The molecule has 3 rings (SSSR count). The van der Waals surface area contributed by atoms with Gasteiger partial charge in [0.15, 0.2) is 11.5 Å². The predicted octanol–water partition coefficient (Wildman–Crippen LogP) is 4.69. The Morgan fingerprint density at radius 2 is 1.74 bits per heavy atom. The minimum Gasteiger partial charge on any atom is -0.434 e. The Balaban J connectivity index is 2.26. The smallest absolute Gasteiger partial charge is 0.410 e. The van der Waals surface area contributed by atoms with Crippen molar-refractivity contribution in [2.45, 2.75) is 26.2 Å². The fourth-order valence-corrected chi connectivity index (χ4v) is 2.75. The van der Waals surface area contributed by atoms with E-state index >= 15 is 0 Å². The van der Waals surface area contributed by atoms with Crippen LogP contribution in [0.15, 0.2) is 61.1 Å². The Kier molecular flexibility index (Phi) is 5.07. The van der Waals surface area contributed by atoms with Crippen LogP contribution in [0.4, 0.5) is 4.79 Å². The van der Waals surface area contributed by atoms with Crippen LogP contribution < -0.4 is 15.2 Å². The lowest BCUT2D eigenvalue weighted by Gasteiger charge is -2.25. The van der Waals surface area contributed by atoms with E-state index in [-0.39, 0.29) is 11.2 Å². The number of carbonyl (C=O) groups excluding carboxylic acids is 1. The zero-order valence-corrected chi connectivity index (χ0v) is 15.5. The largest absolute Gasteiger partial charge is 0.434 e. The highest BCUT2D eigenvalue weighted by Crippen LogP contribution is 2.46. The van der Waals surface area contributed by atoms with Crippen LogP contribution in [-0.4, -0.2) is 16.1 Å². The number of rotatable bonds is 4. The molecule has 138 valence electrons. The van der Waals surface area contributed by atoms with Gasteiger partial charge in [-0.05, 0) is 11.0 Å². The van der Waals surface area contributed by atoms with Gasteiger partial charge in [-0.2, -0.15) is 0 Å². The molecule has 0 unspecified atom stereocenters. The summed E-state index contributed by atoms with van der Waals surface area (Å²) in [6.45, 7) is 6.06. The maximum absolute atomic E-state index is 11.6. The van der Waals surface area contributed by atoms with Gasteiger partial charge >= 0.3 is 6.09 Å². The number of ether oxygens (including phenoxy) is 2. The predicted molar refractivity (Wildman–Crippen MR) is 103 cm³/mol. The summed E-state index contributed by atoms with van der Waals surface area (Å²) in [6, 6.07) is 15.2. The minimum atomic E-state index is -0.904. The number of carbonyl (C=O) groups is 1. The fourth-order valence-electron chi connectivity index (χ4n) is 2.75. The first-order chi connectivity index (χ1) is 12.9. The first-order valence-corrected chi connectivity index (χ1v) is 8.50. The van der Waals surface area contributed by atoms with Crippen LogP contribution in [0.3, 0.4) is 0 Å². The molecule has 0 aliphatic heterocycles. The van der Waals surface area contributed by atoms with Gasteiger partial charge in [0, 0.05) is 23.4 Å². The van der Waals surface area contributed by atoms with Gasteiger partial charge in [-0.15, -0.1) is 0 Å². The molecule has 1 aromatic heterocycles. The molecule has 6 nitrogen and oxygen atoms in total. The van der Waals surface area contributed by atoms with Crippen molar-refractivity contribution < 1.29 is 14.3 Å². The van der Waals surface area contributed by atoms with Gasteiger partial charge in [0.05, 0.1) is 0 Å². The van der Waals surface area contributed by atoms with Gasteiger partial charge < -0.3 is 15.2 Å². The molecule has 0 aliphatic carbocycles. The Morgan fingerprint density at radius 3 is 2.33 bits per heavy atom. The summed E-state index contributed by atoms with van der Waals surface area (Å²) in [5.41, 5.74) is 7.52. The standard InChI is InChI=1S/C21H21N3O3/c1-21(2,3)16-10-9-15(14-7-5-4-6-8-14)18(19(16)27-20(22)25)26-17-11-12-23-13-24-17/h4-13H,1-3H3,(H2,22,25). The molecule has 1 heterocycles. The molecule has 0 atom stereocenters. The Bertz CT molecular complexity index is 936. The number of aromatic nitrogens is 2. The third-order valence-electron chi connectivity index (χ3n) is 3.97. The molecular weight excluding hydrogens is 342 g/mol. The van der Waals surface area contributed by atoms with Gasteiger partial charge in [0.1, 0.15) is 6.33 Å². The van der Waals surface area contributed by atoms with Gasteiger partial charge in [-0.1, -0.05) is 63.2 Å². The number of primary amides is 1. The van der Waals surface area contributed by atoms with Crippen LogP contribution in [0.2, 0.25) is 0 Å². The molecule has 0 saturated heterocycles. The molecular formula is C21H21N3O3. The Labute approximate surface area is 158 Å². The van der Waals surface area contributed by atoms with Crippen molar-refractivity contribution in [3.8, 4) is 28.5 Å². The first kappa shape index (κ1) is 18.4. The summed E-state index contributed by atoms with van der Waals surface area (Å²) in [7, 11) is 0. The average molecular weight is 363 g/mol. The molecule has 1 amide bonds. The summed E-state index contributed by atoms with van der Waals surface area (Å²) in [4.78, 5) is 19.6. The van der Waals surface area contributed by atoms with Crippen LogP contribution in [0.1, 0.15) is 26.3 Å². The maximum atomic E-state index is 11.6. The van der Waals surface area contributed by atoms with Crippen molar-refractivity contribution in [3.05, 3.63) is 66.6 Å². The molecule has 0 radical (unpaired) electrons. The summed E-state index contributed by atoms with van der Waals surface area (Å²) >= 11 is 0. The molecule has 0 aliphatic rings. The van der Waals surface area contributed by atoms with Crippen molar-refractivity contribution in [1.29, 1.82) is 0 Å². The van der Waals surface area contributed by atoms with Gasteiger partial charge in [0.2, 0.25) is 5.88 Å². The van der Waals surface area contributed by atoms with Crippen molar-refractivity contribution >= 4 is 6.09 Å². The molecule has 3 aromatic rings. The molecule has 0 fully saturated rings. The van der Waals surface area contributed by atoms with E-state index in [0.717, 1.165) is 16.7 Å². The quantitative estimate of drug-likeness (QED) is 0.726. The lowest BCUT2D eigenvalue weighted by Crippen LogP contribution is -2.21. The van der Waals surface area contributed by atoms with Crippen LogP contribution in [0, 0.1) is 0 Å². The first-order valence-electron chi connectivity index (χ1n) is 8.50. The third kappa shape index (κ3) is 4.23. The molecule has 0 spiro atoms. The molecule has 6 heteroatoms. The highest BCUT2D eigenvalue weighted by molar-refractivity contribution is 5.79. The zero-order chi connectivity index (χ0) is 19.4. The van der Waals surface area contributed by atoms with Gasteiger partial charge in [-0.25, -0.2) is 14.8 Å². The second-order valence-corrected chi connectivity index (χ2v) is 7.01. The number of nitrogens with two attached hydrogens (primary N) is 1. The highest BCUT2D eigenvalue weighted by Gasteiger charge is 2.27.